The van der Waals surface area contributed by atoms with Crippen LogP contribution in [0.2, 0.25) is 0 Å². The Kier molecular flexibility index (Phi) is 7.18. The van der Waals surface area contributed by atoms with Gasteiger partial charge >= 0.3 is 5.97 Å². The van der Waals surface area contributed by atoms with E-state index in [1.807, 2.05) is 0 Å². The van der Waals surface area contributed by atoms with Crippen molar-refractivity contribution in [2.75, 3.05) is 13.8 Å². The third-order valence-electron chi connectivity index (χ3n) is 4.36. The summed E-state index contributed by atoms with van der Waals surface area (Å²) in [5.74, 6) is -1.20. The molecule has 0 saturated heterocycles. The standard InChI is InChI=1S/C19H22N2O7/c1-10(26)16-17(15(5-20-9-25)21-18(16)19(27)28-2)12-4-3-11(6-22)13(7-23)14(12)8-24/h3-5,21-25H,6-9H2,1-2H3/b20-5+. The summed E-state index contributed by atoms with van der Waals surface area (Å²) >= 11 is 0. The fourth-order valence-corrected chi connectivity index (χ4v) is 3.14. The van der Waals surface area contributed by atoms with Gasteiger partial charge in [0.15, 0.2) is 5.78 Å². The Morgan fingerprint density at radius 2 is 1.79 bits per heavy atom. The summed E-state index contributed by atoms with van der Waals surface area (Å²) in [4.78, 5) is 31.1. The van der Waals surface area contributed by atoms with Crippen LogP contribution in [-0.4, -0.2) is 57.2 Å². The van der Waals surface area contributed by atoms with Crippen LogP contribution in [0.4, 0.5) is 0 Å². The van der Waals surface area contributed by atoms with E-state index in [9.17, 15) is 24.9 Å². The van der Waals surface area contributed by atoms with Crippen molar-refractivity contribution in [2.45, 2.75) is 26.7 Å². The van der Waals surface area contributed by atoms with Gasteiger partial charge in [0, 0.05) is 11.8 Å². The first-order valence-corrected chi connectivity index (χ1v) is 8.37. The van der Waals surface area contributed by atoms with E-state index in [0.29, 0.717) is 22.3 Å². The van der Waals surface area contributed by atoms with Crippen LogP contribution in [-0.2, 0) is 24.6 Å². The number of ether oxygens (including phenoxy) is 1. The lowest BCUT2D eigenvalue weighted by atomic mass is 9.89. The van der Waals surface area contributed by atoms with Crippen molar-refractivity contribution in [3.05, 3.63) is 45.8 Å². The SMILES string of the molecule is COC(=O)c1[nH]c(/C=N/CO)c(-c2ccc(CO)c(CO)c2CO)c1C(C)=O. The molecule has 9 nitrogen and oxygen atoms in total. The molecule has 2 rings (SSSR count). The van der Waals surface area contributed by atoms with Crippen LogP contribution in [0.3, 0.4) is 0 Å². The number of aromatic nitrogens is 1. The molecule has 0 aliphatic rings. The molecule has 1 aromatic heterocycles. The number of carbonyl (C=O) groups excluding carboxylic acids is 2. The number of aliphatic imine (C=N–C) groups is 1. The molecule has 1 aromatic carbocycles. The smallest absolute Gasteiger partial charge is 0.355 e. The highest BCUT2D eigenvalue weighted by Crippen LogP contribution is 2.36. The molecule has 0 bridgehead atoms. The van der Waals surface area contributed by atoms with E-state index in [1.165, 1.54) is 20.2 Å². The van der Waals surface area contributed by atoms with E-state index in [-0.39, 0.29) is 29.1 Å². The molecule has 0 fully saturated rings. The Labute approximate surface area is 160 Å². The number of ketones is 1. The van der Waals surface area contributed by atoms with Gasteiger partial charge in [0.2, 0.25) is 0 Å². The Morgan fingerprint density at radius 3 is 2.29 bits per heavy atom. The lowest BCUT2D eigenvalue weighted by Gasteiger charge is -2.16. The summed E-state index contributed by atoms with van der Waals surface area (Å²) in [5, 5.41) is 38.1. The highest BCUT2D eigenvalue weighted by molar-refractivity contribution is 6.13. The fraction of sp³-hybridized carbons (Fsp3) is 0.316. The molecule has 28 heavy (non-hydrogen) atoms. The first-order chi connectivity index (χ1) is 13.4. The molecule has 0 radical (unpaired) electrons. The van der Waals surface area contributed by atoms with Crippen molar-refractivity contribution in [3.63, 3.8) is 0 Å². The Hall–Kier alpha value is -2.85. The van der Waals surface area contributed by atoms with Gasteiger partial charge in [-0.25, -0.2) is 4.79 Å². The van der Waals surface area contributed by atoms with E-state index in [1.54, 1.807) is 12.1 Å². The molecule has 0 aliphatic heterocycles. The van der Waals surface area contributed by atoms with Gasteiger partial charge in [-0.3, -0.25) is 9.79 Å². The number of rotatable bonds is 8. The number of H-pyrrole nitrogens is 1. The minimum absolute atomic E-state index is 0.0292. The topological polar surface area (TPSA) is 152 Å². The lowest BCUT2D eigenvalue weighted by Crippen LogP contribution is -2.09. The van der Waals surface area contributed by atoms with Gasteiger partial charge in [0.25, 0.3) is 0 Å². The maximum absolute atomic E-state index is 12.4. The molecule has 0 amide bonds. The molecule has 9 heteroatoms. The lowest BCUT2D eigenvalue weighted by molar-refractivity contribution is 0.0591. The van der Waals surface area contributed by atoms with Crippen LogP contribution >= 0.6 is 0 Å². The second-order valence-corrected chi connectivity index (χ2v) is 5.87. The predicted octanol–water partition coefficient (Wildman–Crippen LogP) is 0.517. The van der Waals surface area contributed by atoms with Crippen molar-refractivity contribution in [2.24, 2.45) is 4.99 Å². The van der Waals surface area contributed by atoms with E-state index in [2.05, 4.69) is 9.98 Å². The third-order valence-corrected chi connectivity index (χ3v) is 4.36. The number of nitrogens with one attached hydrogen (secondary N) is 1. The minimum Gasteiger partial charge on any atom is -0.464 e. The summed E-state index contributed by atoms with van der Waals surface area (Å²) in [5.41, 5.74) is 1.87. The molecule has 0 unspecified atom stereocenters. The summed E-state index contributed by atoms with van der Waals surface area (Å²) in [6.07, 6.45) is 1.26. The highest BCUT2D eigenvalue weighted by atomic mass is 16.5. The quantitative estimate of drug-likeness (QED) is 0.250. The number of aliphatic hydroxyl groups excluding tert-OH is 4. The number of esters is 1. The molecule has 1 heterocycles. The molecule has 2 aromatic rings. The third kappa shape index (κ3) is 3.87. The number of methoxy groups -OCH3 is 1. The Balaban J connectivity index is 2.94. The van der Waals surface area contributed by atoms with Crippen LogP contribution in [0.1, 0.15) is 50.2 Å². The van der Waals surface area contributed by atoms with Crippen LogP contribution in [0.25, 0.3) is 11.1 Å². The van der Waals surface area contributed by atoms with Gasteiger partial charge in [0.1, 0.15) is 12.4 Å². The van der Waals surface area contributed by atoms with Gasteiger partial charge in [-0.2, -0.15) is 0 Å². The minimum atomic E-state index is -0.769. The van der Waals surface area contributed by atoms with Crippen LogP contribution in [0.15, 0.2) is 17.1 Å². The zero-order valence-corrected chi connectivity index (χ0v) is 15.5. The van der Waals surface area contributed by atoms with Gasteiger partial charge < -0.3 is 30.1 Å². The summed E-state index contributed by atoms with van der Waals surface area (Å²) in [6.45, 7) is -0.503. The molecule has 0 aliphatic carbocycles. The van der Waals surface area contributed by atoms with E-state index in [4.69, 9.17) is 9.84 Å². The van der Waals surface area contributed by atoms with Gasteiger partial charge in [0.05, 0.1) is 38.2 Å². The van der Waals surface area contributed by atoms with E-state index >= 15 is 0 Å². The van der Waals surface area contributed by atoms with E-state index < -0.39 is 31.7 Å². The molecule has 5 N–H and O–H groups in total. The second-order valence-electron chi connectivity index (χ2n) is 5.87. The van der Waals surface area contributed by atoms with Crippen molar-refractivity contribution >= 4 is 18.0 Å². The first kappa shape index (κ1) is 21.5. The number of aromatic amines is 1. The molecule has 0 atom stereocenters. The highest BCUT2D eigenvalue weighted by Gasteiger charge is 2.28. The van der Waals surface area contributed by atoms with Gasteiger partial charge in [-0.1, -0.05) is 12.1 Å². The number of hydrogen-bond donors (Lipinski definition) is 5. The summed E-state index contributed by atoms with van der Waals surface area (Å²) in [6, 6.07) is 3.13. The number of aliphatic hydroxyl groups is 4. The van der Waals surface area contributed by atoms with Crippen LogP contribution < -0.4 is 0 Å². The number of benzene rings is 1. The summed E-state index contributed by atoms with van der Waals surface area (Å²) in [7, 11) is 1.17. The average Bonchev–Trinajstić information content (AvgIpc) is 3.09. The van der Waals surface area contributed by atoms with Crippen LogP contribution in [0, 0.1) is 0 Å². The predicted molar refractivity (Wildman–Crippen MR) is 100 cm³/mol. The number of nitrogens with zero attached hydrogens (tertiary/aromatic N) is 1. The van der Waals surface area contributed by atoms with E-state index in [0.717, 1.165) is 0 Å². The molecular formula is C19H22N2O7. The number of carbonyl (C=O) groups is 2. The molecule has 150 valence electrons. The Morgan fingerprint density at radius 1 is 1.11 bits per heavy atom. The molecular weight excluding hydrogens is 368 g/mol. The molecule has 0 saturated carbocycles. The summed E-state index contributed by atoms with van der Waals surface area (Å²) < 4.78 is 4.74. The Bertz CT molecular complexity index is 915. The monoisotopic (exact) mass is 390 g/mol. The first-order valence-electron chi connectivity index (χ1n) is 8.37. The zero-order valence-electron chi connectivity index (χ0n) is 15.5. The number of Topliss-reactive ketones (excluding diaryl/α,β-unsaturated/α-hetero) is 1. The fourth-order valence-electron chi connectivity index (χ4n) is 3.14. The zero-order chi connectivity index (χ0) is 20.8. The van der Waals surface area contributed by atoms with Gasteiger partial charge in [-0.05, 0) is 29.2 Å². The number of hydrogen-bond acceptors (Lipinski definition) is 8. The van der Waals surface area contributed by atoms with Crippen molar-refractivity contribution in [1.82, 2.24) is 4.98 Å². The maximum atomic E-state index is 12.4. The maximum Gasteiger partial charge on any atom is 0.355 e. The van der Waals surface area contributed by atoms with Crippen LogP contribution in [0.5, 0.6) is 0 Å². The van der Waals surface area contributed by atoms with Gasteiger partial charge in [-0.15, -0.1) is 0 Å². The van der Waals surface area contributed by atoms with Crippen molar-refractivity contribution in [1.29, 1.82) is 0 Å². The second kappa shape index (κ2) is 9.38. The average molecular weight is 390 g/mol. The molecule has 0 spiro atoms. The largest absolute Gasteiger partial charge is 0.464 e. The normalized spacial score (nSPS) is 11.2. The van der Waals surface area contributed by atoms with Crippen molar-refractivity contribution in [3.8, 4) is 11.1 Å². The van der Waals surface area contributed by atoms with Crippen molar-refractivity contribution < 1.29 is 34.8 Å².